The molecule has 1 atom stereocenters. The Morgan fingerprint density at radius 3 is 3.00 bits per heavy atom. The van der Waals surface area contributed by atoms with Gasteiger partial charge >= 0.3 is 0 Å². The van der Waals surface area contributed by atoms with E-state index >= 15 is 0 Å². The van der Waals surface area contributed by atoms with Crippen molar-refractivity contribution in [1.29, 1.82) is 0 Å². The first-order valence-electron chi connectivity index (χ1n) is 7.06. The summed E-state index contributed by atoms with van der Waals surface area (Å²) in [5.74, 6) is 1.30. The van der Waals surface area contributed by atoms with Crippen molar-refractivity contribution in [1.82, 2.24) is 20.1 Å². The van der Waals surface area contributed by atoms with Gasteiger partial charge in [-0.05, 0) is 24.6 Å². The predicted octanol–water partition coefficient (Wildman–Crippen LogP) is 1.72. The van der Waals surface area contributed by atoms with E-state index in [2.05, 4.69) is 15.2 Å². The second-order valence-electron chi connectivity index (χ2n) is 5.28. The van der Waals surface area contributed by atoms with E-state index in [4.69, 9.17) is 4.74 Å². The van der Waals surface area contributed by atoms with Crippen molar-refractivity contribution in [3.8, 4) is 17.1 Å². The molecule has 6 nitrogen and oxygen atoms in total. The third-order valence-corrected chi connectivity index (χ3v) is 3.73. The number of rotatable bonds is 4. The lowest BCUT2D eigenvalue weighted by atomic mass is 10.1. The smallest absolute Gasteiger partial charge is 0.219 e. The average Bonchev–Trinajstić information content (AvgIpc) is 3.17. The molecule has 6 heteroatoms. The van der Waals surface area contributed by atoms with Crippen LogP contribution >= 0.6 is 0 Å². The Labute approximate surface area is 123 Å². The van der Waals surface area contributed by atoms with Crippen molar-refractivity contribution in [3.63, 3.8) is 0 Å². The van der Waals surface area contributed by atoms with Crippen LogP contribution in [-0.2, 0) is 4.79 Å². The summed E-state index contributed by atoms with van der Waals surface area (Å²) >= 11 is 0. The van der Waals surface area contributed by atoms with Crippen molar-refractivity contribution in [3.05, 3.63) is 30.6 Å². The number of hydrogen-bond acceptors (Lipinski definition) is 4. The van der Waals surface area contributed by atoms with Gasteiger partial charge in [0, 0.05) is 32.1 Å². The van der Waals surface area contributed by atoms with Gasteiger partial charge in [0.15, 0.2) is 0 Å². The Balaban J connectivity index is 1.53. The number of likely N-dealkylation sites (tertiary alicyclic amines) is 1. The summed E-state index contributed by atoms with van der Waals surface area (Å²) in [6.07, 6.45) is 4.41. The van der Waals surface area contributed by atoms with Crippen LogP contribution in [0, 0.1) is 5.92 Å². The molecule has 110 valence electrons. The van der Waals surface area contributed by atoms with Crippen molar-refractivity contribution < 1.29 is 9.53 Å². The topological polar surface area (TPSA) is 71.1 Å². The Bertz CT molecular complexity index is 595. The molecule has 1 amide bonds. The molecule has 3 rings (SSSR count). The van der Waals surface area contributed by atoms with E-state index in [0.29, 0.717) is 12.5 Å². The molecule has 1 aliphatic rings. The summed E-state index contributed by atoms with van der Waals surface area (Å²) in [4.78, 5) is 17.5. The molecule has 3 heterocycles. The highest BCUT2D eigenvalue weighted by molar-refractivity contribution is 5.73. The summed E-state index contributed by atoms with van der Waals surface area (Å²) in [6, 6.07) is 5.68. The van der Waals surface area contributed by atoms with Crippen LogP contribution in [0.15, 0.2) is 30.6 Å². The normalized spacial score (nSPS) is 18.0. The minimum absolute atomic E-state index is 0.142. The number of nitrogens with zero attached hydrogens (tertiary/aromatic N) is 3. The lowest BCUT2D eigenvalue weighted by molar-refractivity contribution is -0.127. The van der Waals surface area contributed by atoms with E-state index in [-0.39, 0.29) is 5.91 Å². The van der Waals surface area contributed by atoms with Gasteiger partial charge in [-0.2, -0.15) is 5.10 Å². The number of H-pyrrole nitrogens is 1. The monoisotopic (exact) mass is 286 g/mol. The first-order valence-corrected chi connectivity index (χ1v) is 7.06. The quantitative estimate of drug-likeness (QED) is 0.929. The second-order valence-corrected chi connectivity index (χ2v) is 5.28. The maximum absolute atomic E-state index is 11.3. The molecule has 0 unspecified atom stereocenters. The highest BCUT2D eigenvalue weighted by Crippen LogP contribution is 2.20. The highest BCUT2D eigenvalue weighted by atomic mass is 16.5. The van der Waals surface area contributed by atoms with Gasteiger partial charge in [-0.3, -0.25) is 14.9 Å². The molecule has 0 bridgehead atoms. The molecule has 1 aliphatic heterocycles. The molecule has 0 radical (unpaired) electrons. The molecule has 2 aromatic heterocycles. The number of pyridine rings is 1. The third-order valence-electron chi connectivity index (χ3n) is 3.73. The molecule has 0 aromatic carbocycles. The van der Waals surface area contributed by atoms with Crippen molar-refractivity contribution >= 4 is 5.91 Å². The van der Waals surface area contributed by atoms with Gasteiger partial charge in [-0.1, -0.05) is 0 Å². The number of carbonyl (C=O) groups is 1. The Morgan fingerprint density at radius 1 is 1.48 bits per heavy atom. The van der Waals surface area contributed by atoms with Crippen LogP contribution in [0.1, 0.15) is 13.3 Å². The van der Waals surface area contributed by atoms with Gasteiger partial charge in [0.05, 0.1) is 24.2 Å². The fourth-order valence-electron chi connectivity index (χ4n) is 2.49. The summed E-state index contributed by atoms with van der Waals surface area (Å²) in [5, 5.41) is 6.78. The minimum Gasteiger partial charge on any atom is -0.492 e. The lowest BCUT2D eigenvalue weighted by Gasteiger charge is -2.14. The van der Waals surface area contributed by atoms with Gasteiger partial charge in [-0.25, -0.2) is 0 Å². The molecular weight excluding hydrogens is 268 g/mol. The standard InChI is InChI=1S/C15H18N4O2/c1-11(20)19-7-5-12(9-19)10-21-13-2-3-14(16-8-13)15-4-6-17-18-15/h2-4,6,8,12H,5,7,9-10H2,1H3,(H,17,18)/t12-/m0/s1. The first kappa shape index (κ1) is 13.6. The molecule has 0 spiro atoms. The van der Waals surface area contributed by atoms with Gasteiger partial charge in [0.25, 0.3) is 0 Å². The number of nitrogens with one attached hydrogen (secondary N) is 1. The van der Waals surface area contributed by atoms with Gasteiger partial charge in [-0.15, -0.1) is 0 Å². The second kappa shape index (κ2) is 5.95. The first-order chi connectivity index (χ1) is 10.2. The van der Waals surface area contributed by atoms with Crippen LogP contribution < -0.4 is 4.74 Å². The molecule has 0 aliphatic carbocycles. The van der Waals surface area contributed by atoms with Crippen LogP contribution in [0.3, 0.4) is 0 Å². The van der Waals surface area contributed by atoms with E-state index in [0.717, 1.165) is 36.6 Å². The maximum atomic E-state index is 11.3. The largest absolute Gasteiger partial charge is 0.492 e. The molecule has 1 saturated heterocycles. The molecule has 21 heavy (non-hydrogen) atoms. The van der Waals surface area contributed by atoms with Crippen molar-refractivity contribution in [2.45, 2.75) is 13.3 Å². The fraction of sp³-hybridized carbons (Fsp3) is 0.400. The number of aromatic nitrogens is 3. The number of ether oxygens (including phenoxy) is 1. The number of amides is 1. The maximum Gasteiger partial charge on any atom is 0.219 e. The van der Waals surface area contributed by atoms with Crippen LogP contribution in [0.5, 0.6) is 5.75 Å². The van der Waals surface area contributed by atoms with Gasteiger partial charge in [0.1, 0.15) is 5.75 Å². The molecular formula is C15H18N4O2. The van der Waals surface area contributed by atoms with Crippen LogP contribution in [0.25, 0.3) is 11.4 Å². The molecule has 1 N–H and O–H groups in total. The van der Waals surface area contributed by atoms with Gasteiger partial charge in [0.2, 0.25) is 5.91 Å². The van der Waals surface area contributed by atoms with Crippen molar-refractivity contribution in [2.24, 2.45) is 5.92 Å². The SMILES string of the molecule is CC(=O)N1CC[C@H](COc2ccc(-c3ccn[nH]3)nc2)C1. The summed E-state index contributed by atoms with van der Waals surface area (Å²) in [6.45, 7) is 3.85. The zero-order chi connectivity index (χ0) is 14.7. The predicted molar refractivity (Wildman–Crippen MR) is 77.7 cm³/mol. The zero-order valence-corrected chi connectivity index (χ0v) is 12.0. The average molecular weight is 286 g/mol. The number of hydrogen-bond donors (Lipinski definition) is 1. The Hall–Kier alpha value is -2.37. The summed E-state index contributed by atoms with van der Waals surface area (Å²) in [7, 11) is 0. The van der Waals surface area contributed by atoms with E-state index in [9.17, 15) is 4.79 Å². The van der Waals surface area contributed by atoms with E-state index in [1.807, 2.05) is 23.1 Å². The van der Waals surface area contributed by atoms with Crippen LogP contribution in [0.2, 0.25) is 0 Å². The van der Waals surface area contributed by atoms with E-state index < -0.39 is 0 Å². The number of carbonyl (C=O) groups excluding carboxylic acids is 1. The Kier molecular flexibility index (Phi) is 3.85. The fourth-order valence-corrected chi connectivity index (χ4v) is 2.49. The van der Waals surface area contributed by atoms with Crippen molar-refractivity contribution in [2.75, 3.05) is 19.7 Å². The third kappa shape index (κ3) is 3.21. The lowest BCUT2D eigenvalue weighted by Crippen LogP contribution is -2.26. The summed E-state index contributed by atoms with van der Waals surface area (Å²) in [5.41, 5.74) is 1.72. The molecule has 1 fully saturated rings. The van der Waals surface area contributed by atoms with E-state index in [1.54, 1.807) is 19.3 Å². The number of aromatic amines is 1. The van der Waals surface area contributed by atoms with E-state index in [1.165, 1.54) is 0 Å². The van der Waals surface area contributed by atoms with Crippen LogP contribution in [-0.4, -0.2) is 45.7 Å². The highest BCUT2D eigenvalue weighted by Gasteiger charge is 2.24. The van der Waals surface area contributed by atoms with Crippen LogP contribution in [0.4, 0.5) is 0 Å². The summed E-state index contributed by atoms with van der Waals surface area (Å²) < 4.78 is 5.76. The molecule has 2 aromatic rings. The molecule has 0 saturated carbocycles. The van der Waals surface area contributed by atoms with Gasteiger partial charge < -0.3 is 9.64 Å². The minimum atomic E-state index is 0.142. The zero-order valence-electron chi connectivity index (χ0n) is 12.0. The Morgan fingerprint density at radius 2 is 2.38 bits per heavy atom.